The van der Waals surface area contributed by atoms with Crippen LogP contribution in [0.1, 0.15) is 39.7 Å². The average molecular weight is 372 g/mol. The van der Waals surface area contributed by atoms with Gasteiger partial charge in [0.2, 0.25) is 6.04 Å². The normalized spacial score (nSPS) is 21.5. The van der Waals surface area contributed by atoms with E-state index in [0.717, 1.165) is 5.56 Å². The lowest BCUT2D eigenvalue weighted by Crippen LogP contribution is -2.50. The summed E-state index contributed by atoms with van der Waals surface area (Å²) in [6, 6.07) is 5.75. The van der Waals surface area contributed by atoms with Crippen molar-refractivity contribution in [1.29, 1.82) is 0 Å². The van der Waals surface area contributed by atoms with E-state index >= 15 is 0 Å². The van der Waals surface area contributed by atoms with E-state index in [-0.39, 0.29) is 10.7 Å². The van der Waals surface area contributed by atoms with Gasteiger partial charge in [-0.15, -0.1) is 15.6 Å². The average Bonchev–Trinajstić information content (AvgIpc) is 2.79. The van der Waals surface area contributed by atoms with Crippen LogP contribution < -0.4 is 5.32 Å². The number of hydrogen-bond acceptors (Lipinski definition) is 4. The third-order valence-electron chi connectivity index (χ3n) is 4.22. The highest BCUT2D eigenvalue weighted by molar-refractivity contribution is 7.85. The molecule has 0 fully saturated rings. The van der Waals surface area contributed by atoms with E-state index < -0.39 is 27.0 Å². The van der Waals surface area contributed by atoms with Crippen molar-refractivity contribution < 1.29 is 17.2 Å². The van der Waals surface area contributed by atoms with Crippen molar-refractivity contribution in [3.8, 4) is 0 Å². The van der Waals surface area contributed by atoms with Crippen molar-refractivity contribution in [2.45, 2.75) is 62.9 Å². The summed E-state index contributed by atoms with van der Waals surface area (Å²) in [5.41, 5.74) is 0.228. The highest BCUT2D eigenvalue weighted by atomic mass is 35.5. The Hall–Kier alpha value is -1.40. The second-order valence-corrected chi connectivity index (χ2v) is 9.08. The predicted molar refractivity (Wildman–Crippen MR) is 95.2 cm³/mol. The van der Waals surface area contributed by atoms with E-state index in [0.29, 0.717) is 12.3 Å². The third-order valence-corrected chi connectivity index (χ3v) is 6.53. The van der Waals surface area contributed by atoms with Crippen molar-refractivity contribution in [2.75, 3.05) is 0 Å². The van der Waals surface area contributed by atoms with Crippen LogP contribution in [0.15, 0.2) is 29.2 Å². The third kappa shape index (κ3) is 3.22. The molecule has 5 nitrogen and oxygen atoms in total. The zero-order valence-corrected chi connectivity index (χ0v) is 16.2. The van der Waals surface area contributed by atoms with Crippen LogP contribution in [0.2, 0.25) is 0 Å². The first-order chi connectivity index (χ1) is 11.0. The van der Waals surface area contributed by atoms with Crippen LogP contribution in [0.4, 0.5) is 0 Å². The van der Waals surface area contributed by atoms with E-state index in [4.69, 9.17) is 11.6 Å². The second-order valence-electron chi connectivity index (χ2n) is 6.73. The van der Waals surface area contributed by atoms with Gasteiger partial charge in [-0.2, -0.15) is 8.42 Å². The van der Waals surface area contributed by atoms with Gasteiger partial charge in [-0.1, -0.05) is 24.6 Å². The Morgan fingerprint density at radius 2 is 1.88 bits per heavy atom. The molecule has 1 aliphatic heterocycles. The number of nitrogens with one attached hydrogen (secondary N) is 1. The number of amidine groups is 1. The van der Waals surface area contributed by atoms with Gasteiger partial charge in [0.05, 0.1) is 0 Å². The summed E-state index contributed by atoms with van der Waals surface area (Å²) in [6.07, 6.45) is 0.546. The van der Waals surface area contributed by atoms with Gasteiger partial charge in [-0.05, 0) is 46.2 Å². The molecule has 0 saturated heterocycles. The summed E-state index contributed by atoms with van der Waals surface area (Å²) in [7, 11) is -3.90. The quantitative estimate of drug-likeness (QED) is 0.637. The van der Waals surface area contributed by atoms with Gasteiger partial charge in [-0.25, -0.2) is 0 Å². The van der Waals surface area contributed by atoms with E-state index in [2.05, 4.69) is 5.32 Å². The highest BCUT2D eigenvalue weighted by Gasteiger charge is 2.56. The summed E-state index contributed by atoms with van der Waals surface area (Å²) in [4.78, 5) is 12.4. The van der Waals surface area contributed by atoms with Crippen molar-refractivity contribution in [1.82, 2.24) is 5.32 Å². The van der Waals surface area contributed by atoms with E-state index in [1.807, 2.05) is 27.7 Å². The molecule has 0 radical (unpaired) electrons. The molecular weight excluding hydrogens is 348 g/mol. The molecule has 0 amide bonds. The molecule has 0 bridgehead atoms. The van der Waals surface area contributed by atoms with Crippen molar-refractivity contribution in [2.24, 2.45) is 0 Å². The number of sulfonamides is 1. The first-order valence-electron chi connectivity index (χ1n) is 7.93. The summed E-state index contributed by atoms with van der Waals surface area (Å²) < 4.78 is 27.6. The van der Waals surface area contributed by atoms with Gasteiger partial charge in [0.15, 0.2) is 5.78 Å². The molecule has 1 N–H and O–H groups in total. The minimum atomic E-state index is -3.90. The first kappa shape index (κ1) is 18.9. The molecule has 0 aliphatic carbocycles. The van der Waals surface area contributed by atoms with Gasteiger partial charge >= 0.3 is 10.0 Å². The van der Waals surface area contributed by atoms with Crippen LogP contribution in [0.3, 0.4) is 0 Å². The predicted octanol–water partition coefficient (Wildman–Crippen LogP) is 2.45. The number of nitrogens with zero attached hydrogens (tertiary/aromatic N) is 1. The maximum absolute atomic E-state index is 13.2. The van der Waals surface area contributed by atoms with E-state index in [1.54, 1.807) is 24.3 Å². The Labute approximate surface area is 148 Å². The molecule has 1 heterocycles. The lowest BCUT2D eigenvalue weighted by atomic mass is 9.94. The van der Waals surface area contributed by atoms with E-state index in [1.165, 1.54) is 10.9 Å². The molecule has 2 atom stereocenters. The number of Topliss-reactive ketones (excluding diaryl/α,β-unsaturated/α-hetero) is 1. The smallest absolute Gasteiger partial charge is 0.295 e. The highest BCUT2D eigenvalue weighted by Crippen LogP contribution is 2.28. The molecule has 1 aromatic rings. The van der Waals surface area contributed by atoms with Crippen LogP contribution in [-0.2, 0) is 14.8 Å². The SMILES string of the molecule is CC[C@H](Cl)C1=[N+](S(=O)(=O)c2ccc(C)cc2)[C@@H](C(C)=O)C(C)(C)N1. The van der Waals surface area contributed by atoms with Gasteiger partial charge in [0.25, 0.3) is 5.84 Å². The fourth-order valence-electron chi connectivity index (χ4n) is 3.06. The number of carbonyl (C=O) groups excluding carboxylic acids is 1. The first-order valence-corrected chi connectivity index (χ1v) is 9.80. The lowest BCUT2D eigenvalue weighted by Gasteiger charge is -2.21. The van der Waals surface area contributed by atoms with Crippen LogP contribution in [0.25, 0.3) is 0 Å². The standard InChI is InChI=1S/C17H23ClN2O3S/c1-6-14(18)16-19-17(4,5)15(12(3)21)20(16)24(22,23)13-9-7-11(2)8-10-13/h7-10,14-15H,6H2,1-5H3/p+1/t14-,15-/m0/s1. The number of aryl methyl sites for hydroxylation is 1. The molecule has 0 aromatic heterocycles. The number of ketones is 1. The molecule has 0 spiro atoms. The number of alkyl halides is 1. The second kappa shape index (κ2) is 6.48. The molecule has 24 heavy (non-hydrogen) atoms. The van der Waals surface area contributed by atoms with Crippen LogP contribution in [0, 0.1) is 6.92 Å². The molecule has 1 aromatic carbocycles. The van der Waals surface area contributed by atoms with Gasteiger partial charge in [0.1, 0.15) is 15.8 Å². The molecule has 7 heteroatoms. The number of hydrogen-bond donors (Lipinski definition) is 1. The zero-order chi connectivity index (χ0) is 18.3. The Balaban J connectivity index is 2.71. The fourth-order valence-corrected chi connectivity index (χ4v) is 5.11. The Morgan fingerprint density at radius 3 is 2.33 bits per heavy atom. The number of carbonyl (C=O) groups is 1. The molecular formula is C17H24ClN2O3S+. The van der Waals surface area contributed by atoms with Crippen LogP contribution in [-0.4, -0.2) is 41.0 Å². The molecule has 0 unspecified atom stereocenters. The van der Waals surface area contributed by atoms with Crippen LogP contribution in [0.5, 0.6) is 0 Å². The Morgan fingerprint density at radius 1 is 1.33 bits per heavy atom. The number of benzene rings is 1. The summed E-state index contributed by atoms with van der Waals surface area (Å²) in [5, 5.41) is 2.64. The lowest BCUT2D eigenvalue weighted by molar-refractivity contribution is -0.399. The molecule has 1 aliphatic rings. The van der Waals surface area contributed by atoms with Gasteiger partial charge in [0, 0.05) is 0 Å². The van der Waals surface area contributed by atoms with Gasteiger partial charge in [-0.3, -0.25) is 10.1 Å². The summed E-state index contributed by atoms with van der Waals surface area (Å²) in [5.74, 6) is 0.142. The van der Waals surface area contributed by atoms with Gasteiger partial charge < -0.3 is 0 Å². The fraction of sp³-hybridized carbons (Fsp3) is 0.529. The van der Waals surface area contributed by atoms with Crippen LogP contribution >= 0.6 is 11.6 Å². The monoisotopic (exact) mass is 371 g/mol. The Bertz CT molecular complexity index is 783. The molecule has 132 valence electrons. The van der Waals surface area contributed by atoms with Crippen molar-refractivity contribution >= 4 is 33.2 Å². The zero-order valence-electron chi connectivity index (χ0n) is 14.6. The summed E-state index contributed by atoms with van der Waals surface area (Å²) in [6.45, 7) is 8.78. The summed E-state index contributed by atoms with van der Waals surface area (Å²) >= 11 is 6.37. The largest absolute Gasteiger partial charge is 0.331 e. The topological polar surface area (TPSA) is 66.2 Å². The Kier molecular flexibility index (Phi) is 5.11. The maximum atomic E-state index is 13.2. The molecule has 2 rings (SSSR count). The minimum Gasteiger partial charge on any atom is -0.295 e. The number of halogens is 1. The number of rotatable bonds is 5. The minimum absolute atomic E-state index is 0.149. The molecule has 0 saturated carbocycles. The van der Waals surface area contributed by atoms with Crippen molar-refractivity contribution in [3.63, 3.8) is 0 Å². The maximum Gasteiger partial charge on any atom is 0.331 e. The van der Waals surface area contributed by atoms with Crippen molar-refractivity contribution in [3.05, 3.63) is 29.8 Å². The van der Waals surface area contributed by atoms with E-state index in [9.17, 15) is 13.2 Å².